The molecule has 1 aliphatic heterocycles. The summed E-state index contributed by atoms with van der Waals surface area (Å²) in [5, 5.41) is 8.62. The maximum absolute atomic E-state index is 10.5. The van der Waals surface area contributed by atoms with Crippen molar-refractivity contribution >= 4 is 17.7 Å². The molecular weight excluding hydrogens is 214 g/mol. The molecule has 82 valence electrons. The van der Waals surface area contributed by atoms with E-state index in [0.717, 1.165) is 17.9 Å². The lowest BCUT2D eigenvalue weighted by Crippen LogP contribution is -2.21. The van der Waals surface area contributed by atoms with Gasteiger partial charge in [-0.2, -0.15) is 11.8 Å². The summed E-state index contributed by atoms with van der Waals surface area (Å²) in [6.07, 6.45) is 2.44. The van der Waals surface area contributed by atoms with E-state index in [0.29, 0.717) is 11.6 Å². The number of thioether (sulfide) groups is 1. The number of hydrogen-bond acceptors (Lipinski definition) is 4. The summed E-state index contributed by atoms with van der Waals surface area (Å²) in [5.74, 6) is 1.93. The third kappa shape index (κ3) is 2.17. The molecule has 1 fully saturated rings. The molecule has 2 rings (SSSR count). The molecular formula is C10H13NO3S. The molecule has 5 heteroatoms. The highest BCUT2D eigenvalue weighted by Gasteiger charge is 2.35. The molecule has 0 saturated carbocycles. The van der Waals surface area contributed by atoms with Crippen LogP contribution in [0.25, 0.3) is 0 Å². The number of aromatic nitrogens is 1. The molecule has 0 bridgehead atoms. The minimum Gasteiger partial charge on any atom is -0.481 e. The molecule has 0 amide bonds. The lowest BCUT2D eigenvalue weighted by atomic mass is 9.90. The zero-order valence-corrected chi connectivity index (χ0v) is 9.34. The molecule has 1 unspecified atom stereocenters. The number of rotatable bonds is 3. The van der Waals surface area contributed by atoms with Crippen molar-refractivity contribution in [3.05, 3.63) is 17.8 Å². The highest BCUT2D eigenvalue weighted by atomic mass is 32.2. The highest BCUT2D eigenvalue weighted by molar-refractivity contribution is 7.99. The van der Waals surface area contributed by atoms with Gasteiger partial charge in [-0.25, -0.2) is 4.98 Å². The summed E-state index contributed by atoms with van der Waals surface area (Å²) >= 11 is 1.88. The zero-order chi connectivity index (χ0) is 10.9. The first-order valence-corrected chi connectivity index (χ1v) is 6.00. The monoisotopic (exact) mass is 227 g/mol. The van der Waals surface area contributed by atoms with Crippen LogP contribution in [0.15, 0.2) is 10.7 Å². The number of nitrogens with zero attached hydrogens (tertiary/aromatic N) is 1. The van der Waals surface area contributed by atoms with Gasteiger partial charge >= 0.3 is 5.97 Å². The Hall–Kier alpha value is -0.970. The Morgan fingerprint density at radius 3 is 3.20 bits per heavy atom. The smallest absolute Gasteiger partial charge is 0.309 e. The number of carbonyl (C=O) groups is 1. The Labute approximate surface area is 92.1 Å². The van der Waals surface area contributed by atoms with Crippen molar-refractivity contribution < 1.29 is 14.3 Å². The van der Waals surface area contributed by atoms with E-state index in [9.17, 15) is 4.79 Å². The second-order valence-corrected chi connectivity index (χ2v) is 5.18. The average Bonchev–Trinajstić information content (AvgIpc) is 2.74. The van der Waals surface area contributed by atoms with E-state index in [-0.39, 0.29) is 11.8 Å². The Morgan fingerprint density at radius 2 is 2.60 bits per heavy atom. The summed E-state index contributed by atoms with van der Waals surface area (Å²) in [7, 11) is 0. The first kappa shape index (κ1) is 10.5. The number of hydrogen-bond donors (Lipinski definition) is 1. The Kier molecular flexibility index (Phi) is 2.73. The van der Waals surface area contributed by atoms with Crippen LogP contribution in [0.3, 0.4) is 0 Å². The minimum atomic E-state index is -0.874. The van der Waals surface area contributed by atoms with Crippen LogP contribution in [0.4, 0.5) is 0 Å². The van der Waals surface area contributed by atoms with Gasteiger partial charge in [-0.3, -0.25) is 4.79 Å². The van der Waals surface area contributed by atoms with Crippen LogP contribution in [0.2, 0.25) is 0 Å². The van der Waals surface area contributed by atoms with Gasteiger partial charge in [0.2, 0.25) is 5.89 Å². The first-order chi connectivity index (χ1) is 7.10. The quantitative estimate of drug-likeness (QED) is 0.851. The molecule has 15 heavy (non-hydrogen) atoms. The van der Waals surface area contributed by atoms with E-state index >= 15 is 0 Å². The largest absolute Gasteiger partial charge is 0.481 e. The maximum atomic E-state index is 10.5. The maximum Gasteiger partial charge on any atom is 0.309 e. The number of carboxylic acid groups (broad SMARTS) is 1. The van der Waals surface area contributed by atoms with Crippen LogP contribution >= 0.6 is 11.8 Å². The van der Waals surface area contributed by atoms with Gasteiger partial charge in [0.25, 0.3) is 0 Å². The fourth-order valence-electron chi connectivity index (χ4n) is 1.66. The van der Waals surface area contributed by atoms with Crippen molar-refractivity contribution in [3.63, 3.8) is 0 Å². The van der Waals surface area contributed by atoms with Crippen molar-refractivity contribution in [1.29, 1.82) is 0 Å². The third-order valence-corrected chi connectivity index (χ3v) is 3.95. The Balaban J connectivity index is 2.15. The highest BCUT2D eigenvalue weighted by Crippen LogP contribution is 2.37. The van der Waals surface area contributed by atoms with Crippen molar-refractivity contribution in [2.45, 2.75) is 25.2 Å². The van der Waals surface area contributed by atoms with Crippen LogP contribution in [0.1, 0.15) is 24.9 Å². The van der Waals surface area contributed by atoms with Gasteiger partial charge in [-0.15, -0.1) is 0 Å². The molecule has 1 atom stereocenters. The SMILES string of the molecule is CC1(c2nc(CC(=O)O)co2)CCSC1. The van der Waals surface area contributed by atoms with Gasteiger partial charge in [0.15, 0.2) is 0 Å². The Morgan fingerprint density at radius 1 is 1.80 bits per heavy atom. The second kappa shape index (κ2) is 3.89. The minimum absolute atomic E-state index is 0.0125. The number of carboxylic acids is 1. The summed E-state index contributed by atoms with van der Waals surface area (Å²) in [6, 6.07) is 0. The predicted molar refractivity (Wildman–Crippen MR) is 57.1 cm³/mol. The lowest BCUT2D eigenvalue weighted by molar-refractivity contribution is -0.136. The van der Waals surface area contributed by atoms with Gasteiger partial charge in [0.1, 0.15) is 6.26 Å². The van der Waals surface area contributed by atoms with Crippen molar-refractivity contribution in [1.82, 2.24) is 4.98 Å². The normalized spacial score (nSPS) is 25.7. The average molecular weight is 227 g/mol. The van der Waals surface area contributed by atoms with E-state index in [1.54, 1.807) is 0 Å². The van der Waals surface area contributed by atoms with Gasteiger partial charge in [-0.05, 0) is 12.2 Å². The first-order valence-electron chi connectivity index (χ1n) is 4.85. The topological polar surface area (TPSA) is 63.3 Å². The van der Waals surface area contributed by atoms with Gasteiger partial charge in [0, 0.05) is 5.75 Å². The molecule has 0 aliphatic carbocycles. The Bertz CT molecular complexity index is 368. The molecule has 1 N–H and O–H groups in total. The number of oxazole rings is 1. The fraction of sp³-hybridized carbons (Fsp3) is 0.600. The van der Waals surface area contributed by atoms with Crippen molar-refractivity contribution in [2.24, 2.45) is 0 Å². The van der Waals surface area contributed by atoms with Crippen LogP contribution in [0.5, 0.6) is 0 Å². The van der Waals surface area contributed by atoms with Crippen LogP contribution in [-0.4, -0.2) is 27.6 Å². The van der Waals surface area contributed by atoms with Gasteiger partial charge < -0.3 is 9.52 Å². The zero-order valence-electron chi connectivity index (χ0n) is 8.52. The van der Waals surface area contributed by atoms with E-state index in [1.807, 2.05) is 11.8 Å². The molecule has 0 spiro atoms. The van der Waals surface area contributed by atoms with E-state index < -0.39 is 5.97 Å². The predicted octanol–water partition coefficient (Wildman–Crippen LogP) is 1.70. The van der Waals surface area contributed by atoms with E-state index in [1.165, 1.54) is 6.26 Å². The molecule has 4 nitrogen and oxygen atoms in total. The van der Waals surface area contributed by atoms with E-state index in [4.69, 9.17) is 9.52 Å². The number of aliphatic carboxylic acids is 1. The molecule has 1 aromatic heterocycles. The van der Waals surface area contributed by atoms with Crippen LogP contribution in [-0.2, 0) is 16.6 Å². The summed E-state index contributed by atoms with van der Waals surface area (Å²) < 4.78 is 5.36. The standard InChI is InChI=1S/C10H13NO3S/c1-10(2-3-15-6-10)9-11-7(5-14-9)4-8(12)13/h5H,2-4,6H2,1H3,(H,12,13). The molecule has 0 radical (unpaired) electrons. The van der Waals surface area contributed by atoms with Gasteiger partial charge in [-0.1, -0.05) is 6.92 Å². The summed E-state index contributed by atoms with van der Waals surface area (Å²) in [6.45, 7) is 2.11. The molecule has 2 heterocycles. The van der Waals surface area contributed by atoms with E-state index in [2.05, 4.69) is 11.9 Å². The van der Waals surface area contributed by atoms with Crippen molar-refractivity contribution in [2.75, 3.05) is 11.5 Å². The third-order valence-electron chi connectivity index (χ3n) is 2.62. The lowest BCUT2D eigenvalue weighted by Gasteiger charge is -2.17. The second-order valence-electron chi connectivity index (χ2n) is 4.08. The fourth-order valence-corrected chi connectivity index (χ4v) is 3.11. The molecule has 1 aliphatic rings. The summed E-state index contributed by atoms with van der Waals surface area (Å²) in [5.41, 5.74) is 0.497. The van der Waals surface area contributed by atoms with Gasteiger partial charge in [0.05, 0.1) is 17.5 Å². The molecule has 1 saturated heterocycles. The molecule has 1 aromatic rings. The molecule has 0 aromatic carbocycles. The van der Waals surface area contributed by atoms with Crippen LogP contribution in [0, 0.1) is 0 Å². The van der Waals surface area contributed by atoms with Crippen LogP contribution < -0.4 is 0 Å². The van der Waals surface area contributed by atoms with Crippen molar-refractivity contribution in [3.8, 4) is 0 Å². The summed E-state index contributed by atoms with van der Waals surface area (Å²) in [4.78, 5) is 14.7.